The molecule has 1 nitrogen and oxygen atoms in total. The molecule has 0 aromatic heterocycles. The van der Waals surface area contributed by atoms with E-state index in [0.717, 1.165) is 12.1 Å². The number of hydrogen-bond acceptors (Lipinski definition) is 1. The average molecular weight is 285 g/mol. The quantitative estimate of drug-likeness (QED) is 0.311. The van der Waals surface area contributed by atoms with Crippen LogP contribution in [0.25, 0.3) is 0 Å². The summed E-state index contributed by atoms with van der Waals surface area (Å²) < 4.78 is 0. The van der Waals surface area contributed by atoms with Crippen molar-refractivity contribution >= 4 is 11.9 Å². The first kappa shape index (κ1) is 17.7. The van der Waals surface area contributed by atoms with E-state index < -0.39 is 0 Å². The maximum absolute atomic E-state index is 4.61. The Morgan fingerprint density at radius 1 is 0.905 bits per heavy atom. The number of allylic oxidation sites excluding steroid dienone is 2. The molecule has 0 atom stereocenters. The first-order valence-corrected chi connectivity index (χ1v) is 8.65. The first-order chi connectivity index (χ1) is 10.4. The van der Waals surface area contributed by atoms with E-state index in [1.165, 1.54) is 56.9 Å². The highest BCUT2D eigenvalue weighted by Gasteiger charge is 1.95. The molecule has 0 spiro atoms. The molecule has 0 aliphatic rings. The van der Waals surface area contributed by atoms with Gasteiger partial charge < -0.3 is 0 Å². The third kappa shape index (κ3) is 9.23. The summed E-state index contributed by atoms with van der Waals surface area (Å²) >= 11 is 0. The highest BCUT2D eigenvalue weighted by Crippen LogP contribution is 2.14. The lowest BCUT2D eigenvalue weighted by Crippen LogP contribution is -1.87. The van der Waals surface area contributed by atoms with Gasteiger partial charge >= 0.3 is 0 Å². The zero-order valence-corrected chi connectivity index (χ0v) is 13.9. The van der Waals surface area contributed by atoms with Crippen molar-refractivity contribution in [3.8, 4) is 0 Å². The highest BCUT2D eigenvalue weighted by atomic mass is 14.7. The van der Waals surface area contributed by atoms with E-state index in [4.69, 9.17) is 0 Å². The minimum atomic E-state index is 1.05. The van der Waals surface area contributed by atoms with E-state index in [-0.39, 0.29) is 0 Å². The normalized spacial score (nSPS) is 12.2. The molecule has 0 saturated carbocycles. The molecule has 1 heteroatoms. The molecule has 116 valence electrons. The van der Waals surface area contributed by atoms with Gasteiger partial charge in [0.2, 0.25) is 0 Å². The molecule has 0 aliphatic heterocycles. The fraction of sp³-hybridized carbons (Fsp3) is 0.550. The number of nitrogens with zero attached hydrogens (tertiary/aromatic N) is 1. The van der Waals surface area contributed by atoms with Crippen LogP contribution in [0.4, 0.5) is 5.69 Å². The molecule has 0 N–H and O–H groups in total. The number of para-hydroxylation sites is 1. The summed E-state index contributed by atoms with van der Waals surface area (Å²) in [6, 6.07) is 10.2. The minimum absolute atomic E-state index is 1.05. The summed E-state index contributed by atoms with van der Waals surface area (Å²) in [5.41, 5.74) is 2.45. The monoisotopic (exact) mass is 285 g/mol. The van der Waals surface area contributed by atoms with Gasteiger partial charge in [-0.2, -0.15) is 0 Å². The van der Waals surface area contributed by atoms with Crippen molar-refractivity contribution < 1.29 is 0 Å². The Hall–Kier alpha value is -1.37. The summed E-state index contributed by atoms with van der Waals surface area (Å²) in [5, 5.41) is 0. The molecule has 1 rings (SSSR count). The largest absolute Gasteiger partial charge is 0.257 e. The number of hydrogen-bond donors (Lipinski definition) is 0. The topological polar surface area (TPSA) is 12.4 Å². The number of unbranched alkanes of at least 4 members (excludes halogenated alkanes) is 6. The van der Waals surface area contributed by atoms with Gasteiger partial charge in [-0.05, 0) is 43.4 Å². The number of aliphatic imine (C=N–C) groups is 1. The predicted molar refractivity (Wildman–Crippen MR) is 95.6 cm³/mol. The molecule has 1 aromatic rings. The van der Waals surface area contributed by atoms with Crippen LogP contribution in [0.5, 0.6) is 0 Å². The SMILES string of the molecule is CCCCCC/C=C(/C=Nc1ccccc1)CCCCC. The van der Waals surface area contributed by atoms with Gasteiger partial charge in [-0.3, -0.25) is 4.99 Å². The van der Waals surface area contributed by atoms with Crippen molar-refractivity contribution in [3.63, 3.8) is 0 Å². The Morgan fingerprint density at radius 2 is 1.62 bits per heavy atom. The molecule has 0 bridgehead atoms. The molecule has 0 unspecified atom stereocenters. The van der Waals surface area contributed by atoms with E-state index in [1.807, 2.05) is 18.2 Å². The van der Waals surface area contributed by atoms with Crippen molar-refractivity contribution in [2.24, 2.45) is 4.99 Å². The Balaban J connectivity index is 2.50. The first-order valence-electron chi connectivity index (χ1n) is 8.65. The van der Waals surface area contributed by atoms with Gasteiger partial charge in [-0.1, -0.05) is 70.2 Å². The lowest BCUT2D eigenvalue weighted by molar-refractivity contribution is 0.671. The van der Waals surface area contributed by atoms with Gasteiger partial charge in [-0.15, -0.1) is 0 Å². The lowest BCUT2D eigenvalue weighted by Gasteiger charge is -2.03. The standard InChI is InChI=1S/C20H31N/c1-3-5-7-8-11-15-19(14-10-6-4-2)18-21-20-16-12-9-13-17-20/h9,12-13,15-18H,3-8,10-11,14H2,1-2H3/b19-15+,21-18?. The number of benzene rings is 1. The molecule has 0 aliphatic carbocycles. The second-order valence-electron chi connectivity index (χ2n) is 5.68. The van der Waals surface area contributed by atoms with E-state index in [1.54, 1.807) is 0 Å². The molecule has 21 heavy (non-hydrogen) atoms. The lowest BCUT2D eigenvalue weighted by atomic mass is 10.1. The Bertz CT molecular complexity index is 403. The zero-order valence-electron chi connectivity index (χ0n) is 13.9. The predicted octanol–water partition coefficient (Wildman–Crippen LogP) is 6.87. The summed E-state index contributed by atoms with van der Waals surface area (Å²) in [5.74, 6) is 0. The van der Waals surface area contributed by atoms with Crippen molar-refractivity contribution in [2.45, 2.75) is 71.6 Å². The van der Waals surface area contributed by atoms with Crippen LogP contribution < -0.4 is 0 Å². The third-order valence-corrected chi connectivity index (χ3v) is 3.67. The van der Waals surface area contributed by atoms with Crippen molar-refractivity contribution in [3.05, 3.63) is 42.0 Å². The Kier molecular flexibility index (Phi) is 10.4. The molecule has 0 heterocycles. The van der Waals surface area contributed by atoms with Crippen LogP contribution in [-0.2, 0) is 0 Å². The number of rotatable bonds is 11. The Morgan fingerprint density at radius 3 is 2.33 bits per heavy atom. The van der Waals surface area contributed by atoms with E-state index >= 15 is 0 Å². The van der Waals surface area contributed by atoms with Crippen LogP contribution in [0.1, 0.15) is 71.6 Å². The molecule has 0 saturated heterocycles. The average Bonchev–Trinajstić information content (AvgIpc) is 2.53. The molecule has 1 aromatic carbocycles. The highest BCUT2D eigenvalue weighted by molar-refractivity contribution is 5.80. The molecular weight excluding hydrogens is 254 g/mol. The summed E-state index contributed by atoms with van der Waals surface area (Å²) in [6.45, 7) is 4.52. The Labute approximate surface area is 131 Å². The van der Waals surface area contributed by atoms with Crippen molar-refractivity contribution in [1.29, 1.82) is 0 Å². The fourth-order valence-corrected chi connectivity index (χ4v) is 2.33. The van der Waals surface area contributed by atoms with Crippen molar-refractivity contribution in [2.75, 3.05) is 0 Å². The fourth-order valence-electron chi connectivity index (χ4n) is 2.33. The second-order valence-corrected chi connectivity index (χ2v) is 5.68. The van der Waals surface area contributed by atoms with Gasteiger partial charge in [0, 0.05) is 6.21 Å². The van der Waals surface area contributed by atoms with Gasteiger partial charge in [0.1, 0.15) is 0 Å². The van der Waals surface area contributed by atoms with Gasteiger partial charge in [0.15, 0.2) is 0 Å². The van der Waals surface area contributed by atoms with Crippen LogP contribution >= 0.6 is 0 Å². The summed E-state index contributed by atoms with van der Waals surface area (Å²) in [6.07, 6.45) is 16.0. The zero-order chi connectivity index (χ0) is 15.2. The summed E-state index contributed by atoms with van der Waals surface area (Å²) in [4.78, 5) is 4.61. The van der Waals surface area contributed by atoms with Crippen LogP contribution in [-0.4, -0.2) is 6.21 Å². The van der Waals surface area contributed by atoms with Gasteiger partial charge in [0.05, 0.1) is 5.69 Å². The summed E-state index contributed by atoms with van der Waals surface area (Å²) in [7, 11) is 0. The minimum Gasteiger partial charge on any atom is -0.257 e. The molecule has 0 fully saturated rings. The van der Waals surface area contributed by atoms with Crippen LogP contribution in [0.2, 0.25) is 0 Å². The van der Waals surface area contributed by atoms with Crippen LogP contribution in [0, 0.1) is 0 Å². The molecular formula is C20H31N. The molecule has 0 radical (unpaired) electrons. The third-order valence-electron chi connectivity index (χ3n) is 3.67. The van der Waals surface area contributed by atoms with E-state index in [9.17, 15) is 0 Å². The second kappa shape index (κ2) is 12.4. The van der Waals surface area contributed by atoms with Crippen molar-refractivity contribution in [1.82, 2.24) is 0 Å². The van der Waals surface area contributed by atoms with Gasteiger partial charge in [-0.25, -0.2) is 0 Å². The van der Waals surface area contributed by atoms with Crippen LogP contribution in [0.3, 0.4) is 0 Å². The van der Waals surface area contributed by atoms with Gasteiger partial charge in [0.25, 0.3) is 0 Å². The van der Waals surface area contributed by atoms with E-state index in [2.05, 4.69) is 43.3 Å². The maximum Gasteiger partial charge on any atom is 0.0629 e. The molecule has 0 amide bonds. The van der Waals surface area contributed by atoms with E-state index in [0.29, 0.717) is 0 Å². The van der Waals surface area contributed by atoms with Crippen LogP contribution in [0.15, 0.2) is 47.0 Å². The smallest absolute Gasteiger partial charge is 0.0629 e. The maximum atomic E-state index is 4.61.